The Kier molecular flexibility index (Phi) is 6.87. The molecule has 0 radical (unpaired) electrons. The van der Waals surface area contributed by atoms with Crippen molar-refractivity contribution < 1.29 is 9.90 Å². The van der Waals surface area contributed by atoms with Crippen LogP contribution in [0.2, 0.25) is 0 Å². The Morgan fingerprint density at radius 3 is 2.32 bits per heavy atom. The van der Waals surface area contributed by atoms with Gasteiger partial charge in [0.25, 0.3) is 0 Å². The van der Waals surface area contributed by atoms with E-state index < -0.39 is 11.5 Å². The van der Waals surface area contributed by atoms with Gasteiger partial charge in [-0.15, -0.1) is 0 Å². The number of benzene rings is 2. The standard InChI is InChI=1S/C24H32N2O2/c1-3-7-20-10-12-22(13-11-20)25-23(27)19(2)24(28)14-16-26(17-15-24)18-21-8-5-4-6-9-21/h4-6,8-13,19,28H,3,7,14-18H2,1-2H3,(H,25,27). The highest BCUT2D eigenvalue weighted by molar-refractivity contribution is 5.93. The van der Waals surface area contributed by atoms with Crippen molar-refractivity contribution in [2.75, 3.05) is 18.4 Å². The molecule has 3 rings (SSSR count). The van der Waals surface area contributed by atoms with Crippen LogP contribution in [0.3, 0.4) is 0 Å². The largest absolute Gasteiger partial charge is 0.389 e. The fourth-order valence-electron chi connectivity index (χ4n) is 3.91. The van der Waals surface area contributed by atoms with Crippen molar-refractivity contribution in [2.24, 2.45) is 5.92 Å². The number of rotatable bonds is 7. The zero-order valence-electron chi connectivity index (χ0n) is 17.0. The van der Waals surface area contributed by atoms with Crippen LogP contribution >= 0.6 is 0 Å². The third kappa shape index (κ3) is 5.21. The highest BCUT2D eigenvalue weighted by Crippen LogP contribution is 2.31. The van der Waals surface area contributed by atoms with Crippen LogP contribution in [0, 0.1) is 5.92 Å². The molecule has 0 aliphatic carbocycles. The molecule has 1 fully saturated rings. The predicted octanol–water partition coefficient (Wildman–Crippen LogP) is 4.24. The quantitative estimate of drug-likeness (QED) is 0.755. The van der Waals surface area contributed by atoms with Crippen LogP contribution in [0.25, 0.3) is 0 Å². The van der Waals surface area contributed by atoms with E-state index in [2.05, 4.69) is 53.5 Å². The Morgan fingerprint density at radius 1 is 1.07 bits per heavy atom. The van der Waals surface area contributed by atoms with Crippen LogP contribution in [0.5, 0.6) is 0 Å². The van der Waals surface area contributed by atoms with E-state index in [-0.39, 0.29) is 5.91 Å². The van der Waals surface area contributed by atoms with Gasteiger partial charge in [0, 0.05) is 25.3 Å². The highest BCUT2D eigenvalue weighted by Gasteiger charge is 2.40. The molecule has 1 heterocycles. The van der Waals surface area contributed by atoms with Crippen molar-refractivity contribution in [3.8, 4) is 0 Å². The second-order valence-electron chi connectivity index (χ2n) is 8.02. The van der Waals surface area contributed by atoms with E-state index in [1.54, 1.807) is 0 Å². The number of carbonyl (C=O) groups excluding carboxylic acids is 1. The molecule has 1 amide bonds. The lowest BCUT2D eigenvalue weighted by molar-refractivity contribution is -0.132. The maximum atomic E-state index is 12.7. The van der Waals surface area contributed by atoms with Crippen molar-refractivity contribution >= 4 is 11.6 Å². The second kappa shape index (κ2) is 9.35. The van der Waals surface area contributed by atoms with Gasteiger partial charge in [-0.2, -0.15) is 0 Å². The van der Waals surface area contributed by atoms with Gasteiger partial charge in [0.15, 0.2) is 0 Å². The number of nitrogens with zero attached hydrogens (tertiary/aromatic N) is 1. The van der Waals surface area contributed by atoms with E-state index >= 15 is 0 Å². The number of hydrogen-bond acceptors (Lipinski definition) is 3. The molecule has 28 heavy (non-hydrogen) atoms. The van der Waals surface area contributed by atoms with Crippen molar-refractivity contribution in [1.82, 2.24) is 4.90 Å². The Hall–Kier alpha value is -2.17. The van der Waals surface area contributed by atoms with Crippen LogP contribution in [-0.2, 0) is 17.8 Å². The smallest absolute Gasteiger partial charge is 0.230 e. The maximum Gasteiger partial charge on any atom is 0.230 e. The number of aryl methyl sites for hydroxylation is 1. The minimum absolute atomic E-state index is 0.109. The summed E-state index contributed by atoms with van der Waals surface area (Å²) in [6.07, 6.45) is 3.38. The predicted molar refractivity (Wildman–Crippen MR) is 114 cm³/mol. The summed E-state index contributed by atoms with van der Waals surface area (Å²) in [7, 11) is 0. The first-order valence-electron chi connectivity index (χ1n) is 10.4. The molecule has 1 aliphatic heterocycles. The summed E-state index contributed by atoms with van der Waals surface area (Å²) in [5, 5.41) is 14.1. The molecule has 2 aromatic carbocycles. The second-order valence-corrected chi connectivity index (χ2v) is 8.02. The molecule has 1 atom stereocenters. The fraction of sp³-hybridized carbons (Fsp3) is 0.458. The third-order valence-corrected chi connectivity index (χ3v) is 5.93. The Bertz CT molecular complexity index is 750. The van der Waals surface area contributed by atoms with Gasteiger partial charge in [0.05, 0.1) is 11.5 Å². The number of likely N-dealkylation sites (tertiary alicyclic amines) is 1. The molecule has 1 saturated heterocycles. The summed E-state index contributed by atoms with van der Waals surface area (Å²) in [6.45, 7) is 6.49. The average molecular weight is 381 g/mol. The van der Waals surface area contributed by atoms with Crippen LogP contribution in [0.1, 0.15) is 44.2 Å². The van der Waals surface area contributed by atoms with E-state index in [1.807, 2.05) is 25.1 Å². The van der Waals surface area contributed by atoms with Gasteiger partial charge in [-0.25, -0.2) is 0 Å². The first kappa shape index (κ1) is 20.6. The Morgan fingerprint density at radius 2 is 1.71 bits per heavy atom. The van der Waals surface area contributed by atoms with Crippen molar-refractivity contribution in [1.29, 1.82) is 0 Å². The number of anilines is 1. The lowest BCUT2D eigenvalue weighted by atomic mass is 9.80. The summed E-state index contributed by atoms with van der Waals surface area (Å²) in [6, 6.07) is 18.4. The molecular weight excluding hydrogens is 348 g/mol. The molecule has 2 N–H and O–H groups in total. The van der Waals surface area contributed by atoms with Crippen LogP contribution in [-0.4, -0.2) is 34.6 Å². The van der Waals surface area contributed by atoms with E-state index in [4.69, 9.17) is 0 Å². The number of carbonyl (C=O) groups is 1. The average Bonchev–Trinajstić information content (AvgIpc) is 2.72. The number of nitrogens with one attached hydrogen (secondary N) is 1. The van der Waals surface area contributed by atoms with Gasteiger partial charge in [-0.1, -0.05) is 62.7 Å². The summed E-state index contributed by atoms with van der Waals surface area (Å²) < 4.78 is 0. The fourth-order valence-corrected chi connectivity index (χ4v) is 3.91. The highest BCUT2D eigenvalue weighted by atomic mass is 16.3. The van der Waals surface area contributed by atoms with Crippen molar-refractivity contribution in [2.45, 2.75) is 51.7 Å². The minimum atomic E-state index is -0.945. The monoisotopic (exact) mass is 380 g/mol. The molecule has 1 aliphatic rings. The molecule has 0 bridgehead atoms. The van der Waals surface area contributed by atoms with Crippen LogP contribution in [0.4, 0.5) is 5.69 Å². The topological polar surface area (TPSA) is 52.6 Å². The third-order valence-electron chi connectivity index (χ3n) is 5.93. The van der Waals surface area contributed by atoms with Crippen LogP contribution in [0.15, 0.2) is 54.6 Å². The zero-order valence-corrected chi connectivity index (χ0v) is 17.0. The lowest BCUT2D eigenvalue weighted by Gasteiger charge is -2.41. The van der Waals surface area contributed by atoms with Gasteiger partial charge in [0.1, 0.15) is 0 Å². The number of hydrogen-bond donors (Lipinski definition) is 2. The van der Waals surface area contributed by atoms with Gasteiger partial charge in [-0.3, -0.25) is 9.69 Å². The van der Waals surface area contributed by atoms with E-state index in [1.165, 1.54) is 11.1 Å². The van der Waals surface area contributed by atoms with E-state index in [0.717, 1.165) is 38.2 Å². The molecule has 0 spiro atoms. The molecule has 150 valence electrons. The molecule has 4 nitrogen and oxygen atoms in total. The van der Waals surface area contributed by atoms with E-state index in [9.17, 15) is 9.90 Å². The molecule has 0 saturated carbocycles. The number of piperidine rings is 1. The lowest BCUT2D eigenvalue weighted by Crippen LogP contribution is -2.51. The maximum absolute atomic E-state index is 12.7. The number of aliphatic hydroxyl groups is 1. The normalized spacial score (nSPS) is 17.8. The van der Waals surface area contributed by atoms with Gasteiger partial charge >= 0.3 is 0 Å². The SMILES string of the molecule is CCCc1ccc(NC(=O)C(C)C2(O)CCN(Cc3ccccc3)CC2)cc1. The van der Waals surface area contributed by atoms with Gasteiger partial charge in [0.2, 0.25) is 5.91 Å². The molecule has 4 heteroatoms. The molecule has 1 unspecified atom stereocenters. The van der Waals surface area contributed by atoms with Crippen molar-refractivity contribution in [3.63, 3.8) is 0 Å². The molecule has 2 aromatic rings. The summed E-state index contributed by atoms with van der Waals surface area (Å²) in [5.74, 6) is -0.552. The summed E-state index contributed by atoms with van der Waals surface area (Å²) in [4.78, 5) is 15.1. The van der Waals surface area contributed by atoms with Gasteiger partial charge < -0.3 is 10.4 Å². The zero-order chi connectivity index (χ0) is 20.0. The number of amides is 1. The summed E-state index contributed by atoms with van der Waals surface area (Å²) >= 11 is 0. The van der Waals surface area contributed by atoms with E-state index in [0.29, 0.717) is 12.8 Å². The van der Waals surface area contributed by atoms with Gasteiger partial charge in [-0.05, 0) is 42.5 Å². The van der Waals surface area contributed by atoms with Crippen LogP contribution < -0.4 is 5.32 Å². The first-order valence-corrected chi connectivity index (χ1v) is 10.4. The summed E-state index contributed by atoms with van der Waals surface area (Å²) in [5.41, 5.74) is 2.41. The Balaban J connectivity index is 1.53. The first-order chi connectivity index (χ1) is 13.5. The molecule has 0 aromatic heterocycles. The molecular formula is C24H32N2O2. The minimum Gasteiger partial charge on any atom is -0.389 e. The Labute approximate surface area is 168 Å². The van der Waals surface area contributed by atoms with Crippen molar-refractivity contribution in [3.05, 3.63) is 65.7 Å².